The highest BCUT2D eigenvalue weighted by Gasteiger charge is 2.19. The Hall–Kier alpha value is -0.420. The molecule has 0 unspecified atom stereocenters. The van der Waals surface area contributed by atoms with Crippen molar-refractivity contribution in [1.82, 2.24) is 0 Å². The van der Waals surface area contributed by atoms with Crippen LogP contribution < -0.4 is 0 Å². The van der Waals surface area contributed by atoms with Crippen LogP contribution in [0.25, 0.3) is 11.0 Å². The predicted molar refractivity (Wildman–Crippen MR) is 91.0 cm³/mol. The van der Waals surface area contributed by atoms with Crippen LogP contribution in [0.15, 0.2) is 55.5 Å². The lowest BCUT2D eigenvalue weighted by molar-refractivity contribution is 1.62. The fourth-order valence-corrected chi connectivity index (χ4v) is 6.04. The Morgan fingerprint density at radius 2 is 1.61 bits per heavy atom. The van der Waals surface area contributed by atoms with Crippen LogP contribution >= 0.6 is 47.0 Å². The highest BCUT2D eigenvalue weighted by Crippen LogP contribution is 2.55. The van der Waals surface area contributed by atoms with E-state index in [4.69, 9.17) is 0 Å². The average molecular weight is 307 g/mol. The number of rotatable bonds is 2. The number of benzene rings is 1. The van der Waals surface area contributed by atoms with Crippen molar-refractivity contribution in [3.63, 3.8) is 0 Å². The molecule has 2 aliphatic rings. The first-order valence-corrected chi connectivity index (χ1v) is 8.82. The number of hydrogen-bond acceptors (Lipinski definition) is 4. The van der Waals surface area contributed by atoms with Crippen molar-refractivity contribution < 1.29 is 0 Å². The van der Waals surface area contributed by atoms with E-state index in [0.717, 1.165) is 0 Å². The largest absolute Gasteiger partial charge is 0.0985 e. The van der Waals surface area contributed by atoms with Gasteiger partial charge in [-0.05, 0) is 27.4 Å². The minimum Gasteiger partial charge on any atom is -0.0985 e. The quantitative estimate of drug-likeness (QED) is 0.639. The summed E-state index contributed by atoms with van der Waals surface area (Å²) in [6.45, 7) is 3.78. The summed E-state index contributed by atoms with van der Waals surface area (Å²) in [4.78, 5) is 1.34. The first-order chi connectivity index (χ1) is 8.86. The van der Waals surface area contributed by atoms with Crippen molar-refractivity contribution in [3.05, 3.63) is 66.7 Å². The molecule has 1 aromatic carbocycles. The second kappa shape index (κ2) is 5.70. The molecule has 0 fully saturated rings. The SMILES string of the molecule is C=Cc1ccc(C2=CSC(=C3SC=CS3)S2)cc1. The third-order valence-electron chi connectivity index (χ3n) is 2.48. The molecule has 0 aliphatic carbocycles. The Morgan fingerprint density at radius 3 is 2.28 bits per heavy atom. The molecule has 0 bridgehead atoms. The average Bonchev–Trinajstić information content (AvgIpc) is 3.09. The summed E-state index contributed by atoms with van der Waals surface area (Å²) in [7, 11) is 0. The van der Waals surface area contributed by atoms with E-state index in [1.54, 1.807) is 0 Å². The summed E-state index contributed by atoms with van der Waals surface area (Å²) in [6.07, 6.45) is 1.87. The summed E-state index contributed by atoms with van der Waals surface area (Å²) < 4.78 is 2.80. The molecule has 4 heteroatoms. The molecule has 18 heavy (non-hydrogen) atoms. The second-order valence-electron chi connectivity index (χ2n) is 3.61. The standard InChI is InChI=1S/C14H10S4/c1-2-10-3-5-11(6-4-10)12-9-17-14(18-12)13-15-7-8-16-13/h2-9H,1H2. The van der Waals surface area contributed by atoms with Crippen LogP contribution in [0.3, 0.4) is 0 Å². The minimum atomic E-state index is 1.17. The predicted octanol–water partition coefficient (Wildman–Crippen LogP) is 6.19. The zero-order chi connectivity index (χ0) is 12.4. The van der Waals surface area contributed by atoms with Gasteiger partial charge in [0.15, 0.2) is 0 Å². The normalized spacial score (nSPS) is 18.3. The van der Waals surface area contributed by atoms with Gasteiger partial charge in [-0.1, -0.05) is 84.0 Å². The lowest BCUT2D eigenvalue weighted by atomic mass is 10.1. The molecule has 90 valence electrons. The smallest absolute Gasteiger partial charge is 0.0700 e. The monoisotopic (exact) mass is 306 g/mol. The van der Waals surface area contributed by atoms with Crippen LogP contribution in [-0.4, -0.2) is 0 Å². The summed E-state index contributed by atoms with van der Waals surface area (Å²) in [6, 6.07) is 8.55. The second-order valence-corrected chi connectivity index (χ2v) is 7.89. The van der Waals surface area contributed by atoms with Gasteiger partial charge in [0.2, 0.25) is 0 Å². The Morgan fingerprint density at radius 1 is 0.889 bits per heavy atom. The van der Waals surface area contributed by atoms with E-state index in [2.05, 4.69) is 47.1 Å². The molecule has 0 radical (unpaired) electrons. The molecule has 0 saturated heterocycles. The van der Waals surface area contributed by atoms with Gasteiger partial charge in [-0.3, -0.25) is 0 Å². The van der Waals surface area contributed by atoms with Crippen LogP contribution in [0.5, 0.6) is 0 Å². The topological polar surface area (TPSA) is 0 Å². The van der Waals surface area contributed by atoms with Gasteiger partial charge in [-0.2, -0.15) is 0 Å². The van der Waals surface area contributed by atoms with Crippen LogP contribution in [0.4, 0.5) is 0 Å². The third kappa shape index (κ3) is 2.62. The van der Waals surface area contributed by atoms with Crippen LogP contribution in [0, 0.1) is 0 Å². The van der Waals surface area contributed by atoms with Crippen molar-refractivity contribution >= 4 is 58.0 Å². The van der Waals surface area contributed by atoms with E-state index >= 15 is 0 Å². The van der Waals surface area contributed by atoms with Crippen LogP contribution in [0.1, 0.15) is 11.1 Å². The van der Waals surface area contributed by atoms with Gasteiger partial charge >= 0.3 is 0 Å². The minimum absolute atomic E-state index is 1.17. The van der Waals surface area contributed by atoms with Gasteiger partial charge in [0.1, 0.15) is 0 Å². The first-order valence-electron chi connectivity index (χ1n) is 5.37. The maximum atomic E-state index is 3.78. The van der Waals surface area contributed by atoms with Crippen LogP contribution in [0.2, 0.25) is 0 Å². The van der Waals surface area contributed by atoms with E-state index in [-0.39, 0.29) is 0 Å². The molecular weight excluding hydrogens is 296 g/mol. The zero-order valence-corrected chi connectivity index (χ0v) is 12.7. The molecule has 0 saturated carbocycles. The fraction of sp³-hybridized carbons (Fsp3) is 0. The lowest BCUT2D eigenvalue weighted by Crippen LogP contribution is -1.78. The van der Waals surface area contributed by atoms with Crippen molar-refractivity contribution in [1.29, 1.82) is 0 Å². The fourth-order valence-electron chi connectivity index (χ4n) is 1.56. The summed E-state index contributed by atoms with van der Waals surface area (Å²) in [5, 5.41) is 6.53. The van der Waals surface area contributed by atoms with Crippen molar-refractivity contribution in [3.8, 4) is 0 Å². The Labute approximate surface area is 124 Å². The van der Waals surface area contributed by atoms with Crippen LogP contribution in [-0.2, 0) is 0 Å². The van der Waals surface area contributed by atoms with E-state index in [1.807, 2.05) is 53.1 Å². The van der Waals surface area contributed by atoms with E-state index < -0.39 is 0 Å². The number of thioether (sulfide) groups is 4. The Balaban J connectivity index is 1.78. The summed E-state index contributed by atoms with van der Waals surface area (Å²) in [5.74, 6) is 0. The molecule has 2 heterocycles. The first kappa shape index (κ1) is 12.6. The molecule has 1 aromatic rings. The van der Waals surface area contributed by atoms with Crippen molar-refractivity contribution in [2.24, 2.45) is 0 Å². The molecule has 0 N–H and O–H groups in total. The van der Waals surface area contributed by atoms with E-state index in [9.17, 15) is 0 Å². The molecule has 0 atom stereocenters. The van der Waals surface area contributed by atoms with Gasteiger partial charge in [0.05, 0.1) is 8.47 Å². The molecule has 0 amide bonds. The van der Waals surface area contributed by atoms with E-state index in [1.165, 1.54) is 24.5 Å². The summed E-state index contributed by atoms with van der Waals surface area (Å²) >= 11 is 7.34. The summed E-state index contributed by atoms with van der Waals surface area (Å²) in [5.41, 5.74) is 2.45. The van der Waals surface area contributed by atoms with Gasteiger partial charge in [-0.25, -0.2) is 0 Å². The molecule has 3 rings (SSSR count). The molecule has 0 nitrogen and oxygen atoms in total. The Bertz CT molecular complexity index is 554. The Kier molecular flexibility index (Phi) is 3.99. The number of hydrogen-bond donors (Lipinski definition) is 0. The van der Waals surface area contributed by atoms with Crippen molar-refractivity contribution in [2.45, 2.75) is 0 Å². The zero-order valence-electron chi connectivity index (χ0n) is 9.46. The highest BCUT2D eigenvalue weighted by atomic mass is 32.2. The highest BCUT2D eigenvalue weighted by molar-refractivity contribution is 8.35. The third-order valence-corrected chi connectivity index (χ3v) is 7.55. The van der Waals surface area contributed by atoms with Gasteiger partial charge in [-0.15, -0.1) is 0 Å². The van der Waals surface area contributed by atoms with Gasteiger partial charge in [0.25, 0.3) is 0 Å². The van der Waals surface area contributed by atoms with Crippen molar-refractivity contribution in [2.75, 3.05) is 0 Å². The van der Waals surface area contributed by atoms with E-state index in [0.29, 0.717) is 0 Å². The molecule has 0 spiro atoms. The maximum Gasteiger partial charge on any atom is 0.0700 e. The maximum absolute atomic E-state index is 3.78. The molecule has 2 aliphatic heterocycles. The van der Waals surface area contributed by atoms with Gasteiger partial charge in [0, 0.05) is 4.91 Å². The lowest BCUT2D eigenvalue weighted by Gasteiger charge is -2.03. The molecule has 0 aromatic heterocycles. The van der Waals surface area contributed by atoms with Gasteiger partial charge < -0.3 is 0 Å². The molecular formula is C14H10S4.